The largest absolute Gasteiger partial charge is 0.361 e. The molecule has 0 aliphatic rings. The maximum Gasteiger partial charge on any atom is 0.131 e. The van der Waals surface area contributed by atoms with Crippen LogP contribution in [0.4, 0.5) is 5.82 Å². The number of thiazole rings is 1. The third kappa shape index (κ3) is 2.76. The Balaban J connectivity index is 2.13. The Morgan fingerprint density at radius 1 is 1.44 bits per heavy atom. The second kappa shape index (κ2) is 5.36. The van der Waals surface area contributed by atoms with Gasteiger partial charge in [-0.25, -0.2) is 15.0 Å². The molecule has 2 aromatic rings. The highest BCUT2D eigenvalue weighted by atomic mass is 79.9. The van der Waals surface area contributed by atoms with E-state index in [9.17, 15) is 0 Å². The number of hydrogen-bond acceptors (Lipinski definition) is 5. The van der Waals surface area contributed by atoms with E-state index < -0.39 is 0 Å². The lowest BCUT2D eigenvalue weighted by Gasteiger charge is -2.14. The van der Waals surface area contributed by atoms with Crippen molar-refractivity contribution >= 4 is 33.1 Å². The summed E-state index contributed by atoms with van der Waals surface area (Å²) in [7, 11) is 0. The van der Waals surface area contributed by atoms with E-state index in [0.717, 1.165) is 21.8 Å². The molecule has 6 heteroatoms. The molecule has 0 fully saturated rings. The number of anilines is 1. The SMILES string of the molecule is CCC(Nc1cc(Br)ncn1)c1nccs1. The van der Waals surface area contributed by atoms with Crippen LogP contribution in [0.25, 0.3) is 0 Å². The molecule has 0 spiro atoms. The van der Waals surface area contributed by atoms with Crippen molar-refractivity contribution in [3.05, 3.63) is 33.6 Å². The van der Waals surface area contributed by atoms with Gasteiger partial charge in [-0.05, 0) is 22.4 Å². The van der Waals surface area contributed by atoms with Gasteiger partial charge in [0.25, 0.3) is 0 Å². The molecule has 0 aromatic carbocycles. The first-order valence-electron chi connectivity index (χ1n) is 4.93. The van der Waals surface area contributed by atoms with Crippen LogP contribution >= 0.6 is 27.3 Å². The number of nitrogens with one attached hydrogen (secondary N) is 1. The number of halogens is 1. The van der Waals surface area contributed by atoms with Crippen molar-refractivity contribution < 1.29 is 0 Å². The number of rotatable bonds is 4. The van der Waals surface area contributed by atoms with Crippen LogP contribution in [0.15, 0.2) is 28.6 Å². The fourth-order valence-electron chi connectivity index (χ4n) is 1.34. The van der Waals surface area contributed by atoms with Gasteiger partial charge in [0.2, 0.25) is 0 Å². The van der Waals surface area contributed by atoms with Crippen molar-refractivity contribution in [1.82, 2.24) is 15.0 Å². The summed E-state index contributed by atoms with van der Waals surface area (Å²) in [5.74, 6) is 0.809. The van der Waals surface area contributed by atoms with E-state index in [4.69, 9.17) is 0 Å². The molecule has 2 heterocycles. The fraction of sp³-hybridized carbons (Fsp3) is 0.300. The first-order chi connectivity index (χ1) is 7.79. The molecule has 0 saturated heterocycles. The van der Waals surface area contributed by atoms with Gasteiger partial charge in [-0.1, -0.05) is 6.92 Å². The predicted molar refractivity (Wildman–Crippen MR) is 68.5 cm³/mol. The highest BCUT2D eigenvalue weighted by Gasteiger charge is 2.12. The molecular formula is C10H11BrN4S. The Hall–Kier alpha value is -1.01. The number of aromatic nitrogens is 3. The van der Waals surface area contributed by atoms with Crippen LogP contribution in [0.1, 0.15) is 24.4 Å². The minimum Gasteiger partial charge on any atom is -0.361 e. The molecule has 0 amide bonds. The molecule has 1 unspecified atom stereocenters. The van der Waals surface area contributed by atoms with Crippen LogP contribution < -0.4 is 5.32 Å². The minimum absolute atomic E-state index is 0.210. The van der Waals surface area contributed by atoms with Gasteiger partial charge in [0, 0.05) is 17.6 Å². The van der Waals surface area contributed by atoms with E-state index in [0.29, 0.717) is 0 Å². The van der Waals surface area contributed by atoms with Crippen molar-refractivity contribution in [3.8, 4) is 0 Å². The molecule has 1 N–H and O–H groups in total. The van der Waals surface area contributed by atoms with Crippen LogP contribution in [-0.2, 0) is 0 Å². The average Bonchev–Trinajstić information content (AvgIpc) is 2.79. The second-order valence-electron chi connectivity index (χ2n) is 3.20. The Morgan fingerprint density at radius 2 is 2.31 bits per heavy atom. The van der Waals surface area contributed by atoms with Gasteiger partial charge in [-0.15, -0.1) is 11.3 Å². The molecule has 2 rings (SSSR count). The summed E-state index contributed by atoms with van der Waals surface area (Å²) in [6, 6.07) is 2.07. The molecular weight excluding hydrogens is 288 g/mol. The second-order valence-corrected chi connectivity index (χ2v) is 4.94. The van der Waals surface area contributed by atoms with Crippen molar-refractivity contribution in [3.63, 3.8) is 0 Å². The van der Waals surface area contributed by atoms with E-state index in [1.54, 1.807) is 11.3 Å². The topological polar surface area (TPSA) is 50.7 Å². The maximum atomic E-state index is 4.31. The van der Waals surface area contributed by atoms with Crippen LogP contribution in [0, 0.1) is 0 Å². The summed E-state index contributed by atoms with van der Waals surface area (Å²) in [6.07, 6.45) is 4.32. The normalized spacial score (nSPS) is 12.4. The lowest BCUT2D eigenvalue weighted by molar-refractivity contribution is 0.736. The third-order valence-electron chi connectivity index (χ3n) is 2.11. The van der Waals surface area contributed by atoms with Crippen molar-refractivity contribution in [1.29, 1.82) is 0 Å². The van der Waals surface area contributed by atoms with E-state index in [1.165, 1.54) is 6.33 Å². The van der Waals surface area contributed by atoms with Gasteiger partial charge >= 0.3 is 0 Å². The van der Waals surface area contributed by atoms with E-state index in [1.807, 2.05) is 17.6 Å². The van der Waals surface area contributed by atoms with Gasteiger partial charge in [0.15, 0.2) is 0 Å². The molecule has 4 nitrogen and oxygen atoms in total. The Morgan fingerprint density at radius 3 is 2.94 bits per heavy atom. The van der Waals surface area contributed by atoms with E-state index in [2.05, 4.69) is 43.1 Å². The zero-order valence-electron chi connectivity index (χ0n) is 8.72. The highest BCUT2D eigenvalue weighted by Crippen LogP contribution is 2.23. The predicted octanol–water partition coefficient (Wildman–Crippen LogP) is 3.26. The number of nitrogens with zero attached hydrogens (tertiary/aromatic N) is 3. The molecule has 0 aliphatic heterocycles. The third-order valence-corrected chi connectivity index (χ3v) is 3.44. The average molecular weight is 299 g/mol. The summed E-state index contributed by atoms with van der Waals surface area (Å²) in [5, 5.41) is 6.40. The zero-order chi connectivity index (χ0) is 11.4. The van der Waals surface area contributed by atoms with Crippen LogP contribution in [0.3, 0.4) is 0 Å². The Kier molecular flexibility index (Phi) is 3.84. The van der Waals surface area contributed by atoms with Gasteiger partial charge in [0.1, 0.15) is 21.8 Å². The molecule has 84 valence electrons. The summed E-state index contributed by atoms with van der Waals surface area (Å²) in [5.41, 5.74) is 0. The molecule has 1 atom stereocenters. The molecule has 0 bridgehead atoms. The molecule has 2 aromatic heterocycles. The Bertz CT molecular complexity index is 446. The van der Waals surface area contributed by atoms with Crippen LogP contribution in [0.5, 0.6) is 0 Å². The van der Waals surface area contributed by atoms with Gasteiger partial charge in [-0.2, -0.15) is 0 Å². The standard InChI is InChI=1S/C10H11BrN4S/c1-2-7(10-12-3-4-16-10)15-9-5-8(11)13-6-14-9/h3-7H,2H2,1H3,(H,13,14,15). The van der Waals surface area contributed by atoms with Crippen LogP contribution in [-0.4, -0.2) is 15.0 Å². The monoisotopic (exact) mass is 298 g/mol. The molecule has 16 heavy (non-hydrogen) atoms. The highest BCUT2D eigenvalue weighted by molar-refractivity contribution is 9.10. The summed E-state index contributed by atoms with van der Waals surface area (Å²) in [4.78, 5) is 12.5. The maximum absolute atomic E-state index is 4.31. The zero-order valence-corrected chi connectivity index (χ0v) is 11.1. The summed E-state index contributed by atoms with van der Waals surface area (Å²) in [6.45, 7) is 2.12. The van der Waals surface area contributed by atoms with Gasteiger partial charge in [-0.3, -0.25) is 0 Å². The number of hydrogen-bond donors (Lipinski definition) is 1. The smallest absolute Gasteiger partial charge is 0.131 e. The fourth-order valence-corrected chi connectivity index (χ4v) is 2.42. The minimum atomic E-state index is 0.210. The van der Waals surface area contributed by atoms with Crippen molar-refractivity contribution in [2.75, 3.05) is 5.32 Å². The van der Waals surface area contributed by atoms with Crippen LogP contribution in [0.2, 0.25) is 0 Å². The Labute approximate surface area is 106 Å². The lowest BCUT2D eigenvalue weighted by atomic mass is 10.2. The lowest BCUT2D eigenvalue weighted by Crippen LogP contribution is -2.10. The van der Waals surface area contributed by atoms with Gasteiger partial charge < -0.3 is 5.32 Å². The molecule has 0 saturated carbocycles. The van der Waals surface area contributed by atoms with E-state index >= 15 is 0 Å². The first-order valence-corrected chi connectivity index (χ1v) is 6.60. The van der Waals surface area contributed by atoms with Crippen molar-refractivity contribution in [2.24, 2.45) is 0 Å². The first kappa shape index (κ1) is 11.5. The molecule has 0 aliphatic carbocycles. The summed E-state index contributed by atoms with van der Waals surface area (Å²) < 4.78 is 0.777. The molecule has 0 radical (unpaired) electrons. The summed E-state index contributed by atoms with van der Waals surface area (Å²) >= 11 is 4.97. The quantitative estimate of drug-likeness (QED) is 0.880. The van der Waals surface area contributed by atoms with Crippen molar-refractivity contribution in [2.45, 2.75) is 19.4 Å². The van der Waals surface area contributed by atoms with E-state index in [-0.39, 0.29) is 6.04 Å². The van der Waals surface area contributed by atoms with Gasteiger partial charge in [0.05, 0.1) is 6.04 Å².